The molecule has 0 bridgehead atoms. The number of nitrogens with zero attached hydrogens (tertiary/aromatic N) is 2. The van der Waals surface area contributed by atoms with Gasteiger partial charge in [0.25, 0.3) is 5.91 Å². The van der Waals surface area contributed by atoms with Gasteiger partial charge in [-0.15, -0.1) is 0 Å². The molecule has 0 fully saturated rings. The molecule has 25 heavy (non-hydrogen) atoms. The maximum atomic E-state index is 12.4. The second kappa shape index (κ2) is 6.68. The zero-order valence-corrected chi connectivity index (χ0v) is 13.5. The standard InChI is InChI=1S/C19H17N3O3/c23-19(20-11-14-5-6-17-18(10-14)25-13-24-17)16-4-1-3-15(9-16)12-22-8-2-7-21-22/h1-10H,11-13H2,(H,20,23). The number of carbonyl (C=O) groups excluding carboxylic acids is 1. The smallest absolute Gasteiger partial charge is 0.251 e. The molecule has 2 aromatic carbocycles. The summed E-state index contributed by atoms with van der Waals surface area (Å²) in [5, 5.41) is 7.12. The van der Waals surface area contributed by atoms with Gasteiger partial charge in [-0.3, -0.25) is 9.48 Å². The first-order chi connectivity index (χ1) is 12.3. The van der Waals surface area contributed by atoms with Crippen molar-refractivity contribution >= 4 is 5.91 Å². The van der Waals surface area contributed by atoms with Gasteiger partial charge in [-0.1, -0.05) is 18.2 Å². The molecule has 1 amide bonds. The lowest BCUT2D eigenvalue weighted by molar-refractivity contribution is 0.0950. The van der Waals surface area contributed by atoms with Crippen molar-refractivity contribution in [3.8, 4) is 11.5 Å². The number of rotatable bonds is 5. The van der Waals surface area contributed by atoms with Crippen LogP contribution >= 0.6 is 0 Å². The third kappa shape index (κ3) is 3.47. The quantitative estimate of drug-likeness (QED) is 0.778. The summed E-state index contributed by atoms with van der Waals surface area (Å²) in [6, 6.07) is 15.1. The zero-order chi connectivity index (χ0) is 17.1. The molecule has 1 aliphatic rings. The Kier molecular flexibility index (Phi) is 4.08. The monoisotopic (exact) mass is 335 g/mol. The number of nitrogens with one attached hydrogen (secondary N) is 1. The Morgan fingerprint density at radius 2 is 2.00 bits per heavy atom. The molecule has 0 aliphatic carbocycles. The van der Waals surface area contributed by atoms with Crippen molar-refractivity contribution in [2.45, 2.75) is 13.1 Å². The van der Waals surface area contributed by atoms with E-state index in [2.05, 4.69) is 10.4 Å². The van der Waals surface area contributed by atoms with Crippen LogP contribution in [0.4, 0.5) is 0 Å². The van der Waals surface area contributed by atoms with Crippen molar-refractivity contribution in [2.75, 3.05) is 6.79 Å². The maximum Gasteiger partial charge on any atom is 0.251 e. The van der Waals surface area contributed by atoms with Gasteiger partial charge in [0.15, 0.2) is 11.5 Å². The normalized spacial score (nSPS) is 12.2. The van der Waals surface area contributed by atoms with Gasteiger partial charge in [0, 0.05) is 24.5 Å². The molecule has 0 saturated carbocycles. The first-order valence-electron chi connectivity index (χ1n) is 8.01. The minimum absolute atomic E-state index is 0.111. The van der Waals surface area contributed by atoms with Crippen molar-refractivity contribution in [1.82, 2.24) is 15.1 Å². The predicted octanol–water partition coefficient (Wildman–Crippen LogP) is 2.59. The van der Waals surface area contributed by atoms with Crippen LogP contribution in [0.1, 0.15) is 21.5 Å². The van der Waals surface area contributed by atoms with E-state index in [1.807, 2.05) is 59.4 Å². The predicted molar refractivity (Wildman–Crippen MR) is 91.5 cm³/mol. The third-order valence-corrected chi connectivity index (χ3v) is 3.98. The first-order valence-corrected chi connectivity index (χ1v) is 8.01. The van der Waals surface area contributed by atoms with Gasteiger partial charge in [-0.25, -0.2) is 0 Å². The maximum absolute atomic E-state index is 12.4. The van der Waals surface area contributed by atoms with Crippen LogP contribution in [0.15, 0.2) is 60.9 Å². The van der Waals surface area contributed by atoms with E-state index in [1.165, 1.54) is 0 Å². The van der Waals surface area contributed by atoms with Crippen LogP contribution in [-0.4, -0.2) is 22.5 Å². The Balaban J connectivity index is 1.41. The van der Waals surface area contributed by atoms with E-state index in [0.29, 0.717) is 24.4 Å². The lowest BCUT2D eigenvalue weighted by Crippen LogP contribution is -2.22. The van der Waals surface area contributed by atoms with E-state index in [0.717, 1.165) is 16.9 Å². The van der Waals surface area contributed by atoms with Crippen molar-refractivity contribution in [2.24, 2.45) is 0 Å². The Morgan fingerprint density at radius 3 is 2.88 bits per heavy atom. The molecule has 1 aromatic heterocycles. The number of fused-ring (bicyclic) bond motifs is 1. The van der Waals surface area contributed by atoms with Crippen molar-refractivity contribution in [3.63, 3.8) is 0 Å². The topological polar surface area (TPSA) is 65.4 Å². The van der Waals surface area contributed by atoms with Crippen LogP contribution in [0.3, 0.4) is 0 Å². The van der Waals surface area contributed by atoms with Crippen LogP contribution in [0.5, 0.6) is 11.5 Å². The van der Waals surface area contributed by atoms with Gasteiger partial charge in [-0.05, 0) is 41.5 Å². The average Bonchev–Trinajstić information content (AvgIpc) is 3.31. The summed E-state index contributed by atoms with van der Waals surface area (Å²) in [6.45, 7) is 1.31. The lowest BCUT2D eigenvalue weighted by Gasteiger charge is -2.08. The first kappa shape index (κ1) is 15.3. The van der Waals surface area contributed by atoms with Crippen molar-refractivity contribution < 1.29 is 14.3 Å². The second-order valence-electron chi connectivity index (χ2n) is 5.77. The van der Waals surface area contributed by atoms with E-state index in [1.54, 1.807) is 6.20 Å². The van der Waals surface area contributed by atoms with Gasteiger partial charge in [0.1, 0.15) is 0 Å². The summed E-state index contributed by atoms with van der Waals surface area (Å²) in [5.74, 6) is 1.34. The fourth-order valence-corrected chi connectivity index (χ4v) is 2.73. The fraction of sp³-hybridized carbons (Fsp3) is 0.158. The highest BCUT2D eigenvalue weighted by Crippen LogP contribution is 2.32. The van der Waals surface area contributed by atoms with Gasteiger partial charge in [-0.2, -0.15) is 5.10 Å². The molecule has 126 valence electrons. The average molecular weight is 335 g/mol. The number of hydrogen-bond donors (Lipinski definition) is 1. The van der Waals surface area contributed by atoms with Crippen molar-refractivity contribution in [1.29, 1.82) is 0 Å². The summed E-state index contributed by atoms with van der Waals surface area (Å²) in [4.78, 5) is 12.4. The lowest BCUT2D eigenvalue weighted by atomic mass is 10.1. The van der Waals surface area contributed by atoms with Gasteiger partial charge < -0.3 is 14.8 Å². The molecule has 3 aromatic rings. The molecule has 6 heteroatoms. The fourth-order valence-electron chi connectivity index (χ4n) is 2.73. The van der Waals surface area contributed by atoms with E-state index < -0.39 is 0 Å². The SMILES string of the molecule is O=C(NCc1ccc2c(c1)OCO2)c1cccc(Cn2cccn2)c1. The summed E-state index contributed by atoms with van der Waals surface area (Å²) in [7, 11) is 0. The summed E-state index contributed by atoms with van der Waals surface area (Å²) >= 11 is 0. The van der Waals surface area contributed by atoms with Gasteiger partial charge in [0.2, 0.25) is 6.79 Å². The number of aromatic nitrogens is 2. The highest BCUT2D eigenvalue weighted by Gasteiger charge is 2.13. The molecule has 4 rings (SSSR count). The van der Waals surface area contributed by atoms with E-state index in [-0.39, 0.29) is 12.7 Å². The molecule has 1 aliphatic heterocycles. The van der Waals surface area contributed by atoms with E-state index in [4.69, 9.17) is 9.47 Å². The number of benzene rings is 2. The number of hydrogen-bond acceptors (Lipinski definition) is 4. The highest BCUT2D eigenvalue weighted by molar-refractivity contribution is 5.94. The number of carbonyl (C=O) groups is 1. The molecular weight excluding hydrogens is 318 g/mol. The minimum Gasteiger partial charge on any atom is -0.454 e. The van der Waals surface area contributed by atoms with Crippen LogP contribution in [-0.2, 0) is 13.1 Å². The summed E-state index contributed by atoms with van der Waals surface area (Å²) < 4.78 is 12.5. The van der Waals surface area contributed by atoms with Crippen LogP contribution in [0.25, 0.3) is 0 Å². The molecule has 2 heterocycles. The molecule has 0 unspecified atom stereocenters. The Hall–Kier alpha value is -3.28. The largest absolute Gasteiger partial charge is 0.454 e. The van der Waals surface area contributed by atoms with E-state index in [9.17, 15) is 4.79 Å². The zero-order valence-electron chi connectivity index (χ0n) is 13.5. The third-order valence-electron chi connectivity index (χ3n) is 3.98. The van der Waals surface area contributed by atoms with Gasteiger partial charge in [0.05, 0.1) is 6.54 Å². The minimum atomic E-state index is -0.111. The molecule has 0 spiro atoms. The number of ether oxygens (including phenoxy) is 2. The molecule has 6 nitrogen and oxygen atoms in total. The molecule has 1 N–H and O–H groups in total. The molecule has 0 atom stereocenters. The Labute approximate surface area is 145 Å². The summed E-state index contributed by atoms with van der Waals surface area (Å²) in [6.07, 6.45) is 3.63. The Morgan fingerprint density at radius 1 is 1.08 bits per heavy atom. The van der Waals surface area contributed by atoms with Crippen LogP contribution in [0, 0.1) is 0 Å². The van der Waals surface area contributed by atoms with Gasteiger partial charge >= 0.3 is 0 Å². The molecule has 0 radical (unpaired) electrons. The Bertz CT molecular complexity index is 891. The molecule has 0 saturated heterocycles. The van der Waals surface area contributed by atoms with Crippen LogP contribution < -0.4 is 14.8 Å². The van der Waals surface area contributed by atoms with Crippen LogP contribution in [0.2, 0.25) is 0 Å². The molecular formula is C19H17N3O3. The highest BCUT2D eigenvalue weighted by atomic mass is 16.7. The number of amides is 1. The van der Waals surface area contributed by atoms with E-state index >= 15 is 0 Å². The van der Waals surface area contributed by atoms with Crippen molar-refractivity contribution in [3.05, 3.63) is 77.6 Å². The second-order valence-corrected chi connectivity index (χ2v) is 5.77. The summed E-state index contributed by atoms with van der Waals surface area (Å²) in [5.41, 5.74) is 2.62.